The molecule has 3 nitrogen and oxygen atoms in total. The van der Waals surface area contributed by atoms with Gasteiger partial charge in [0.05, 0.1) is 0 Å². The Labute approximate surface area is 108 Å². The molecule has 94 valence electrons. The van der Waals surface area contributed by atoms with Crippen LogP contribution in [0.15, 0.2) is 0 Å². The summed E-state index contributed by atoms with van der Waals surface area (Å²) in [4.78, 5) is 11.8. The largest absolute Gasteiger partial charge is 0.355 e. The average molecular weight is 265 g/mol. The molecule has 0 radical (unpaired) electrons. The fraction of sp³-hybridized carbons (Fsp3) is 0.909. The van der Waals surface area contributed by atoms with Gasteiger partial charge < -0.3 is 10.6 Å². The summed E-state index contributed by atoms with van der Waals surface area (Å²) in [5.41, 5.74) is 0. The third-order valence-electron chi connectivity index (χ3n) is 3.46. The molecule has 2 atom stereocenters. The lowest BCUT2D eigenvalue weighted by Crippen LogP contribution is -2.50. The van der Waals surface area contributed by atoms with Crippen molar-refractivity contribution in [1.29, 1.82) is 0 Å². The summed E-state index contributed by atoms with van der Waals surface area (Å²) in [7, 11) is 0. The predicted molar refractivity (Wildman–Crippen MR) is 71.3 cm³/mol. The fourth-order valence-electron chi connectivity index (χ4n) is 2.06. The van der Waals surface area contributed by atoms with Crippen molar-refractivity contribution in [2.75, 3.05) is 25.4 Å². The normalized spacial score (nSPS) is 26.7. The second kappa shape index (κ2) is 6.72. The van der Waals surface area contributed by atoms with Gasteiger partial charge in [0.2, 0.25) is 5.91 Å². The molecule has 5 heteroatoms. The van der Waals surface area contributed by atoms with E-state index >= 15 is 0 Å². The number of amides is 1. The summed E-state index contributed by atoms with van der Waals surface area (Å²) in [5.74, 6) is 2.25. The van der Waals surface area contributed by atoms with E-state index in [0.717, 1.165) is 19.6 Å². The summed E-state index contributed by atoms with van der Waals surface area (Å²) in [5, 5.41) is 6.96. The molecular weight excluding hydrogens is 244 g/mol. The summed E-state index contributed by atoms with van der Waals surface area (Å²) >= 11 is 2.00. The molecule has 1 amide bonds. The number of rotatable bonds is 4. The SMILES string of the molecule is CC(C(=O)NCC1CCCS1)C1CNC1.Cl. The maximum absolute atomic E-state index is 11.8. The minimum absolute atomic E-state index is 0. The Hall–Kier alpha value is 0.0700. The van der Waals surface area contributed by atoms with Gasteiger partial charge in [-0.05, 0) is 37.6 Å². The number of halogens is 1. The molecule has 0 saturated carbocycles. The molecule has 16 heavy (non-hydrogen) atoms. The first-order valence-corrected chi connectivity index (χ1v) is 6.92. The zero-order valence-electron chi connectivity index (χ0n) is 9.70. The van der Waals surface area contributed by atoms with Crippen molar-refractivity contribution >= 4 is 30.1 Å². The third-order valence-corrected chi connectivity index (χ3v) is 4.86. The summed E-state index contributed by atoms with van der Waals surface area (Å²) in [6, 6.07) is 0. The van der Waals surface area contributed by atoms with Gasteiger partial charge >= 0.3 is 0 Å². The lowest BCUT2D eigenvalue weighted by Gasteiger charge is -2.31. The van der Waals surface area contributed by atoms with Gasteiger partial charge in [0.1, 0.15) is 0 Å². The smallest absolute Gasteiger partial charge is 0.223 e. The predicted octanol–water partition coefficient (Wildman–Crippen LogP) is 1.28. The van der Waals surface area contributed by atoms with Crippen molar-refractivity contribution in [3.8, 4) is 0 Å². The number of hydrogen-bond acceptors (Lipinski definition) is 3. The maximum Gasteiger partial charge on any atom is 0.223 e. The molecule has 2 heterocycles. The first kappa shape index (κ1) is 14.1. The maximum atomic E-state index is 11.8. The van der Waals surface area contributed by atoms with Crippen LogP contribution >= 0.6 is 24.2 Å². The van der Waals surface area contributed by atoms with E-state index < -0.39 is 0 Å². The second-order valence-corrected chi connectivity index (χ2v) is 6.00. The van der Waals surface area contributed by atoms with Crippen molar-refractivity contribution in [3.63, 3.8) is 0 Å². The number of hydrogen-bond donors (Lipinski definition) is 2. The Bertz CT molecular complexity index is 230. The average Bonchev–Trinajstić information content (AvgIpc) is 2.63. The van der Waals surface area contributed by atoms with E-state index in [1.807, 2.05) is 18.7 Å². The number of carbonyl (C=O) groups is 1. The van der Waals surface area contributed by atoms with E-state index in [1.54, 1.807) is 0 Å². The minimum Gasteiger partial charge on any atom is -0.355 e. The number of thioether (sulfide) groups is 1. The third kappa shape index (κ3) is 3.54. The zero-order chi connectivity index (χ0) is 10.7. The van der Waals surface area contributed by atoms with E-state index in [2.05, 4.69) is 10.6 Å². The standard InChI is InChI=1S/C11H20N2OS.ClH/c1-8(9-5-12-6-9)11(14)13-7-10-3-2-4-15-10;/h8-10,12H,2-7H2,1H3,(H,13,14);1H. The van der Waals surface area contributed by atoms with Gasteiger partial charge in [0, 0.05) is 17.7 Å². The van der Waals surface area contributed by atoms with Crippen molar-refractivity contribution < 1.29 is 4.79 Å². The van der Waals surface area contributed by atoms with Gasteiger partial charge in [-0.25, -0.2) is 0 Å². The van der Waals surface area contributed by atoms with Gasteiger partial charge in [-0.2, -0.15) is 11.8 Å². The highest BCUT2D eigenvalue weighted by atomic mass is 35.5. The minimum atomic E-state index is 0. The molecule has 2 aliphatic heterocycles. The highest BCUT2D eigenvalue weighted by Gasteiger charge is 2.29. The summed E-state index contributed by atoms with van der Waals surface area (Å²) in [6.45, 7) is 4.93. The van der Waals surface area contributed by atoms with Crippen LogP contribution in [0.3, 0.4) is 0 Å². The summed E-state index contributed by atoms with van der Waals surface area (Å²) < 4.78 is 0. The van der Waals surface area contributed by atoms with Crippen LogP contribution in [-0.2, 0) is 4.79 Å². The highest BCUT2D eigenvalue weighted by molar-refractivity contribution is 8.00. The van der Waals surface area contributed by atoms with E-state index in [1.165, 1.54) is 18.6 Å². The topological polar surface area (TPSA) is 41.1 Å². The van der Waals surface area contributed by atoms with E-state index in [9.17, 15) is 4.79 Å². The fourth-order valence-corrected chi connectivity index (χ4v) is 3.26. The van der Waals surface area contributed by atoms with Crippen molar-refractivity contribution in [2.24, 2.45) is 11.8 Å². The molecule has 0 spiro atoms. The molecule has 0 aliphatic carbocycles. The zero-order valence-corrected chi connectivity index (χ0v) is 11.3. The molecule has 2 fully saturated rings. The van der Waals surface area contributed by atoms with Crippen LogP contribution in [0.4, 0.5) is 0 Å². The monoisotopic (exact) mass is 264 g/mol. The molecule has 0 aromatic heterocycles. The summed E-state index contributed by atoms with van der Waals surface area (Å²) in [6.07, 6.45) is 2.58. The number of carbonyl (C=O) groups excluding carboxylic acids is 1. The lowest BCUT2D eigenvalue weighted by molar-refractivity contribution is -0.126. The van der Waals surface area contributed by atoms with Crippen LogP contribution in [0.5, 0.6) is 0 Å². The highest BCUT2D eigenvalue weighted by Crippen LogP contribution is 2.25. The molecule has 2 saturated heterocycles. The molecule has 0 aromatic carbocycles. The molecule has 2 N–H and O–H groups in total. The van der Waals surface area contributed by atoms with Crippen LogP contribution < -0.4 is 10.6 Å². The van der Waals surface area contributed by atoms with Gasteiger partial charge in [-0.15, -0.1) is 12.4 Å². The number of nitrogens with one attached hydrogen (secondary N) is 2. The van der Waals surface area contributed by atoms with Crippen LogP contribution in [0.1, 0.15) is 19.8 Å². The Balaban J connectivity index is 0.00000128. The van der Waals surface area contributed by atoms with Gasteiger partial charge in [-0.3, -0.25) is 4.79 Å². The lowest BCUT2D eigenvalue weighted by atomic mass is 9.88. The van der Waals surface area contributed by atoms with Crippen molar-refractivity contribution in [3.05, 3.63) is 0 Å². The Morgan fingerprint density at radius 1 is 1.56 bits per heavy atom. The first-order chi connectivity index (χ1) is 7.27. The molecule has 0 aromatic rings. The molecular formula is C11H21ClN2OS. The van der Waals surface area contributed by atoms with E-state index in [-0.39, 0.29) is 24.2 Å². The molecule has 2 aliphatic rings. The van der Waals surface area contributed by atoms with Crippen LogP contribution in [0.25, 0.3) is 0 Å². The Kier molecular flexibility index (Phi) is 5.94. The van der Waals surface area contributed by atoms with Crippen LogP contribution in [0.2, 0.25) is 0 Å². The van der Waals surface area contributed by atoms with Gasteiger partial charge in [-0.1, -0.05) is 6.92 Å². The van der Waals surface area contributed by atoms with Gasteiger partial charge in [0.15, 0.2) is 0 Å². The van der Waals surface area contributed by atoms with Crippen LogP contribution in [-0.4, -0.2) is 36.5 Å². The molecule has 0 bridgehead atoms. The Morgan fingerprint density at radius 3 is 2.81 bits per heavy atom. The quantitative estimate of drug-likeness (QED) is 0.804. The molecule has 2 unspecified atom stereocenters. The van der Waals surface area contributed by atoms with Crippen molar-refractivity contribution in [2.45, 2.75) is 25.0 Å². The Morgan fingerprint density at radius 2 is 2.31 bits per heavy atom. The van der Waals surface area contributed by atoms with E-state index in [4.69, 9.17) is 0 Å². The first-order valence-electron chi connectivity index (χ1n) is 5.87. The van der Waals surface area contributed by atoms with Crippen LogP contribution in [0, 0.1) is 11.8 Å². The molecule has 2 rings (SSSR count). The van der Waals surface area contributed by atoms with E-state index in [0.29, 0.717) is 11.2 Å². The second-order valence-electron chi connectivity index (χ2n) is 4.59. The van der Waals surface area contributed by atoms with Crippen molar-refractivity contribution in [1.82, 2.24) is 10.6 Å². The van der Waals surface area contributed by atoms with Gasteiger partial charge in [0.25, 0.3) is 0 Å².